The van der Waals surface area contributed by atoms with Gasteiger partial charge in [0, 0.05) is 29.8 Å². The van der Waals surface area contributed by atoms with Crippen molar-refractivity contribution in [2.75, 3.05) is 5.73 Å². The minimum atomic E-state index is -1.21. The molecule has 20 heavy (non-hydrogen) atoms. The summed E-state index contributed by atoms with van der Waals surface area (Å²) in [7, 11) is 0. The Morgan fingerprint density at radius 1 is 1.40 bits per heavy atom. The smallest absolute Gasteiger partial charge is 0.320 e. The Kier molecular flexibility index (Phi) is 6.26. The predicted octanol–water partition coefficient (Wildman–Crippen LogP) is -0.273. The molecule has 0 heterocycles. The number of non-ortho nitro benzene ring substituents is 1. The fraction of sp³-hybridized carbons (Fsp3) is 0.273. The molecular weight excluding hydrogens is 270 g/mol. The Morgan fingerprint density at radius 2 is 2.00 bits per heavy atom. The van der Waals surface area contributed by atoms with Gasteiger partial charge in [-0.1, -0.05) is 0 Å². The Balaban J connectivity index is 0.00000361. The molecule has 110 valence electrons. The number of benzene rings is 1. The Bertz CT molecular complexity index is 531. The number of rotatable bonds is 6. The summed E-state index contributed by atoms with van der Waals surface area (Å²) in [6.07, 6.45) is -0.199. The summed E-state index contributed by atoms with van der Waals surface area (Å²) in [5, 5.41) is 19.2. The number of Topliss-reactive ketones (excluding diaryl/α,β-unsaturated/α-hetero) is 1. The molecule has 0 unspecified atom stereocenters. The number of anilines is 1. The lowest BCUT2D eigenvalue weighted by molar-refractivity contribution is -0.384. The van der Waals surface area contributed by atoms with Gasteiger partial charge >= 0.3 is 5.97 Å². The molecule has 1 rings (SSSR count). The van der Waals surface area contributed by atoms with Gasteiger partial charge in [-0.15, -0.1) is 0 Å². The molecule has 1 aromatic rings. The molecule has 0 spiro atoms. The van der Waals surface area contributed by atoms with Crippen molar-refractivity contribution >= 4 is 23.1 Å². The van der Waals surface area contributed by atoms with Gasteiger partial charge in [0.25, 0.3) is 5.69 Å². The van der Waals surface area contributed by atoms with Gasteiger partial charge in [-0.2, -0.15) is 0 Å². The number of hydrogen-bond donors (Lipinski definition) is 3. The van der Waals surface area contributed by atoms with Crippen LogP contribution in [0.5, 0.6) is 0 Å². The number of ketones is 1. The van der Waals surface area contributed by atoms with Crippen LogP contribution >= 0.6 is 0 Å². The first-order chi connectivity index (χ1) is 8.82. The molecule has 0 aromatic heterocycles. The molecule has 9 nitrogen and oxygen atoms in total. The van der Waals surface area contributed by atoms with E-state index in [0.717, 1.165) is 6.07 Å². The topological polar surface area (TPSA) is 181 Å². The second kappa shape index (κ2) is 7.16. The largest absolute Gasteiger partial charge is 0.480 e. The van der Waals surface area contributed by atoms with Crippen molar-refractivity contribution in [3.8, 4) is 0 Å². The first kappa shape index (κ1) is 17.5. The molecule has 0 fully saturated rings. The van der Waals surface area contributed by atoms with Crippen molar-refractivity contribution < 1.29 is 25.1 Å². The van der Waals surface area contributed by atoms with E-state index in [0.29, 0.717) is 0 Å². The molecule has 9 heteroatoms. The third kappa shape index (κ3) is 4.30. The van der Waals surface area contributed by atoms with Crippen molar-refractivity contribution in [2.24, 2.45) is 5.73 Å². The van der Waals surface area contributed by atoms with Crippen LogP contribution < -0.4 is 11.5 Å². The van der Waals surface area contributed by atoms with Gasteiger partial charge in [0.2, 0.25) is 0 Å². The van der Waals surface area contributed by atoms with Crippen molar-refractivity contribution in [1.29, 1.82) is 0 Å². The fourth-order valence-corrected chi connectivity index (χ4v) is 1.44. The summed E-state index contributed by atoms with van der Waals surface area (Å²) in [5.74, 6) is -1.68. The fourth-order valence-electron chi connectivity index (χ4n) is 1.44. The standard InChI is InChI=1S/C11H13N3O5.H2O/c12-8-2-1-6(14(18)19)5-7(8)10(15)4-3-9(13)11(16)17;/h1-2,5,9H,3-4,12-13H2,(H,16,17);1H2/t9-;/m0./s1. The zero-order valence-electron chi connectivity index (χ0n) is 10.4. The highest BCUT2D eigenvalue weighted by atomic mass is 16.6. The number of nitrogens with two attached hydrogens (primary N) is 2. The van der Waals surface area contributed by atoms with Crippen molar-refractivity contribution in [3.63, 3.8) is 0 Å². The summed E-state index contributed by atoms with van der Waals surface area (Å²) in [4.78, 5) is 32.3. The average Bonchev–Trinajstić information content (AvgIpc) is 2.35. The van der Waals surface area contributed by atoms with Gasteiger partial charge in [-0.3, -0.25) is 19.7 Å². The molecule has 0 bridgehead atoms. The normalized spacial score (nSPS) is 11.2. The maximum Gasteiger partial charge on any atom is 0.320 e. The third-order valence-electron chi connectivity index (χ3n) is 2.55. The second-order valence-electron chi connectivity index (χ2n) is 3.94. The Labute approximate surface area is 113 Å². The number of carbonyl (C=O) groups excluding carboxylic acids is 1. The third-order valence-corrected chi connectivity index (χ3v) is 2.55. The van der Waals surface area contributed by atoms with Gasteiger partial charge < -0.3 is 22.1 Å². The number of nitrogen functional groups attached to an aromatic ring is 1. The summed E-state index contributed by atoms with van der Waals surface area (Å²) in [6, 6.07) is 2.38. The summed E-state index contributed by atoms with van der Waals surface area (Å²) in [5.41, 5.74) is 10.7. The highest BCUT2D eigenvalue weighted by molar-refractivity contribution is 6.01. The van der Waals surface area contributed by atoms with E-state index in [9.17, 15) is 19.7 Å². The number of aliphatic carboxylic acids is 1. The number of nitro benzene ring substituents is 1. The molecule has 1 aromatic carbocycles. The van der Waals surface area contributed by atoms with Crippen molar-refractivity contribution in [2.45, 2.75) is 18.9 Å². The van der Waals surface area contributed by atoms with Crippen LogP contribution in [-0.2, 0) is 4.79 Å². The lowest BCUT2D eigenvalue weighted by Gasteiger charge is -2.07. The minimum Gasteiger partial charge on any atom is -0.480 e. The minimum absolute atomic E-state index is 0. The molecule has 0 saturated carbocycles. The summed E-state index contributed by atoms with van der Waals surface area (Å²) in [6.45, 7) is 0. The SMILES string of the molecule is Nc1ccc([N+](=O)[O-])cc1C(=O)CC[C@H](N)C(=O)O.O. The molecule has 0 aliphatic carbocycles. The van der Waals surface area contributed by atoms with Crippen LogP contribution in [0.2, 0.25) is 0 Å². The average molecular weight is 285 g/mol. The predicted molar refractivity (Wildman–Crippen MR) is 70.3 cm³/mol. The van der Waals surface area contributed by atoms with Crippen LogP contribution in [-0.4, -0.2) is 33.3 Å². The zero-order chi connectivity index (χ0) is 14.6. The van der Waals surface area contributed by atoms with Crippen LogP contribution in [0.1, 0.15) is 23.2 Å². The first-order valence-electron chi connectivity index (χ1n) is 5.38. The van der Waals surface area contributed by atoms with Crippen molar-refractivity contribution in [1.82, 2.24) is 0 Å². The molecule has 0 aliphatic heterocycles. The Morgan fingerprint density at radius 3 is 2.50 bits per heavy atom. The number of carbonyl (C=O) groups is 2. The quantitative estimate of drug-likeness (QED) is 0.278. The summed E-state index contributed by atoms with van der Waals surface area (Å²) >= 11 is 0. The molecule has 1 atom stereocenters. The van der Waals surface area contributed by atoms with E-state index >= 15 is 0 Å². The van der Waals surface area contributed by atoms with E-state index in [4.69, 9.17) is 16.6 Å². The molecule has 0 saturated heterocycles. The maximum absolute atomic E-state index is 11.8. The molecule has 0 aliphatic rings. The number of nitro groups is 1. The Hall–Kier alpha value is -2.52. The first-order valence-corrected chi connectivity index (χ1v) is 5.38. The molecule has 7 N–H and O–H groups in total. The second-order valence-corrected chi connectivity index (χ2v) is 3.94. The highest BCUT2D eigenvalue weighted by Crippen LogP contribution is 2.21. The van der Waals surface area contributed by atoms with E-state index in [1.807, 2.05) is 0 Å². The molecular formula is C11H15N3O6. The maximum atomic E-state index is 11.8. The lowest BCUT2D eigenvalue weighted by atomic mass is 10.0. The van der Waals surface area contributed by atoms with Gasteiger partial charge in [0.1, 0.15) is 6.04 Å². The van der Waals surface area contributed by atoms with Crippen LogP contribution in [0.4, 0.5) is 11.4 Å². The van der Waals surface area contributed by atoms with Crippen LogP contribution in [0.15, 0.2) is 18.2 Å². The number of nitrogens with zero attached hydrogens (tertiary/aromatic N) is 1. The van der Waals surface area contributed by atoms with Gasteiger partial charge in [0.15, 0.2) is 5.78 Å². The van der Waals surface area contributed by atoms with Crippen LogP contribution in [0.25, 0.3) is 0 Å². The lowest BCUT2D eigenvalue weighted by Crippen LogP contribution is -2.30. The molecule has 0 amide bonds. The van der Waals surface area contributed by atoms with Gasteiger partial charge in [-0.25, -0.2) is 0 Å². The number of carboxylic acids is 1. The zero-order valence-corrected chi connectivity index (χ0v) is 10.4. The van der Waals surface area contributed by atoms with Gasteiger partial charge in [0.05, 0.1) is 4.92 Å². The van der Waals surface area contributed by atoms with Gasteiger partial charge in [-0.05, 0) is 12.5 Å². The van der Waals surface area contributed by atoms with Crippen LogP contribution in [0, 0.1) is 10.1 Å². The summed E-state index contributed by atoms with van der Waals surface area (Å²) < 4.78 is 0. The van der Waals surface area contributed by atoms with Crippen LogP contribution in [0.3, 0.4) is 0 Å². The van der Waals surface area contributed by atoms with E-state index in [2.05, 4.69) is 0 Å². The number of carboxylic acid groups (broad SMARTS) is 1. The molecule has 0 radical (unpaired) electrons. The van der Waals surface area contributed by atoms with Crippen molar-refractivity contribution in [3.05, 3.63) is 33.9 Å². The monoisotopic (exact) mass is 285 g/mol. The van der Waals surface area contributed by atoms with E-state index in [1.165, 1.54) is 12.1 Å². The highest BCUT2D eigenvalue weighted by Gasteiger charge is 2.18. The van der Waals surface area contributed by atoms with E-state index in [1.54, 1.807) is 0 Å². The van der Waals surface area contributed by atoms with E-state index < -0.39 is 22.7 Å². The number of hydrogen-bond acceptors (Lipinski definition) is 6. The van der Waals surface area contributed by atoms with E-state index in [-0.39, 0.29) is 35.3 Å².